The van der Waals surface area contributed by atoms with Gasteiger partial charge in [0.15, 0.2) is 0 Å². The van der Waals surface area contributed by atoms with Gasteiger partial charge < -0.3 is 5.11 Å². The molecule has 6 nitrogen and oxygen atoms in total. The second-order valence-corrected chi connectivity index (χ2v) is 9.80. The van der Waals surface area contributed by atoms with Gasteiger partial charge in [0.25, 0.3) is 5.91 Å². The number of carbonyl (C=O) groups is 2. The zero-order valence-electron chi connectivity index (χ0n) is 19.1. The molecule has 0 aliphatic carbocycles. The first-order chi connectivity index (χ1) is 17.5. The highest BCUT2D eigenvalue weighted by molar-refractivity contribution is 8.26. The molecule has 0 saturated carbocycles. The Balaban J connectivity index is 1.45. The average molecular weight is 512 g/mol. The number of rotatable bonds is 7. The van der Waals surface area contributed by atoms with Crippen LogP contribution < -0.4 is 0 Å². The minimum Gasteiger partial charge on any atom is -0.481 e. The SMILES string of the molecule is O=C(O)CCN1C(=O)/C(=C/c2ccc(-n3nc(-c4ccccc4)cc3-c3ccccc3)cc2)SC1=S. The Morgan fingerprint density at radius 1 is 0.944 bits per heavy atom. The van der Waals surface area contributed by atoms with Crippen molar-refractivity contribution in [1.29, 1.82) is 0 Å². The predicted octanol–water partition coefficient (Wildman–Crippen LogP) is 5.88. The van der Waals surface area contributed by atoms with Crippen molar-refractivity contribution in [3.8, 4) is 28.2 Å². The van der Waals surface area contributed by atoms with Crippen molar-refractivity contribution in [2.75, 3.05) is 6.54 Å². The molecule has 1 aliphatic heterocycles. The maximum Gasteiger partial charge on any atom is 0.305 e. The van der Waals surface area contributed by atoms with Crippen LogP contribution in [0, 0.1) is 0 Å². The molecule has 4 aromatic rings. The quantitative estimate of drug-likeness (QED) is 0.247. The molecule has 0 atom stereocenters. The van der Waals surface area contributed by atoms with Gasteiger partial charge in [-0.3, -0.25) is 14.5 Å². The number of hydrogen-bond donors (Lipinski definition) is 1. The zero-order valence-corrected chi connectivity index (χ0v) is 20.7. The highest BCUT2D eigenvalue weighted by Crippen LogP contribution is 2.33. The Bertz CT molecular complexity index is 1460. The number of benzene rings is 3. The van der Waals surface area contributed by atoms with Crippen LogP contribution in [0.1, 0.15) is 12.0 Å². The van der Waals surface area contributed by atoms with Crippen LogP contribution in [0.2, 0.25) is 0 Å². The summed E-state index contributed by atoms with van der Waals surface area (Å²) in [7, 11) is 0. The fraction of sp³-hybridized carbons (Fsp3) is 0.0714. The van der Waals surface area contributed by atoms with Crippen molar-refractivity contribution >= 4 is 46.3 Å². The van der Waals surface area contributed by atoms with Crippen LogP contribution in [-0.4, -0.2) is 42.5 Å². The second kappa shape index (κ2) is 10.3. The Kier molecular flexibility index (Phi) is 6.79. The van der Waals surface area contributed by atoms with Crippen LogP contribution in [-0.2, 0) is 9.59 Å². The summed E-state index contributed by atoms with van der Waals surface area (Å²) in [4.78, 5) is 25.4. The fourth-order valence-corrected chi connectivity index (χ4v) is 5.21. The minimum atomic E-state index is -0.965. The highest BCUT2D eigenvalue weighted by Gasteiger charge is 2.32. The number of amides is 1. The number of carbonyl (C=O) groups excluding carboxylic acids is 1. The summed E-state index contributed by atoms with van der Waals surface area (Å²) in [5.41, 5.74) is 5.68. The summed E-state index contributed by atoms with van der Waals surface area (Å²) in [6, 6.07) is 30.0. The molecule has 0 spiro atoms. The molecule has 2 heterocycles. The zero-order chi connectivity index (χ0) is 25.1. The highest BCUT2D eigenvalue weighted by atomic mass is 32.2. The normalized spacial score (nSPS) is 14.6. The molecule has 178 valence electrons. The lowest BCUT2D eigenvalue weighted by Gasteiger charge is -2.12. The minimum absolute atomic E-state index is 0.0710. The van der Waals surface area contributed by atoms with Gasteiger partial charge in [0.2, 0.25) is 0 Å². The molecular formula is C28H21N3O3S2. The molecule has 1 fully saturated rings. The van der Waals surface area contributed by atoms with Crippen molar-refractivity contribution in [3.05, 3.63) is 101 Å². The maximum absolute atomic E-state index is 12.7. The van der Waals surface area contributed by atoms with E-state index in [-0.39, 0.29) is 18.9 Å². The number of thioether (sulfide) groups is 1. The monoisotopic (exact) mass is 511 g/mol. The van der Waals surface area contributed by atoms with Gasteiger partial charge in [-0.15, -0.1) is 0 Å². The molecule has 36 heavy (non-hydrogen) atoms. The van der Waals surface area contributed by atoms with E-state index in [0.717, 1.165) is 33.8 Å². The maximum atomic E-state index is 12.7. The molecule has 1 saturated heterocycles. The van der Waals surface area contributed by atoms with Gasteiger partial charge >= 0.3 is 5.97 Å². The molecule has 0 bridgehead atoms. The first-order valence-electron chi connectivity index (χ1n) is 11.3. The number of carboxylic acid groups (broad SMARTS) is 1. The van der Waals surface area contributed by atoms with Crippen molar-refractivity contribution in [2.45, 2.75) is 6.42 Å². The van der Waals surface area contributed by atoms with E-state index >= 15 is 0 Å². The third-order valence-electron chi connectivity index (χ3n) is 5.71. The van der Waals surface area contributed by atoms with Crippen LogP contribution in [0.3, 0.4) is 0 Å². The molecule has 8 heteroatoms. The number of thiocarbonyl (C=S) groups is 1. The van der Waals surface area contributed by atoms with E-state index in [1.165, 1.54) is 16.7 Å². The number of aliphatic carboxylic acids is 1. The van der Waals surface area contributed by atoms with E-state index < -0.39 is 5.97 Å². The predicted molar refractivity (Wildman–Crippen MR) is 147 cm³/mol. The Morgan fingerprint density at radius 3 is 2.22 bits per heavy atom. The molecule has 1 aromatic heterocycles. The lowest BCUT2D eigenvalue weighted by molar-refractivity contribution is -0.137. The van der Waals surface area contributed by atoms with Crippen LogP contribution in [0.4, 0.5) is 0 Å². The van der Waals surface area contributed by atoms with Crippen molar-refractivity contribution in [3.63, 3.8) is 0 Å². The molecule has 3 aromatic carbocycles. The molecule has 1 N–H and O–H groups in total. The van der Waals surface area contributed by atoms with E-state index in [9.17, 15) is 9.59 Å². The van der Waals surface area contributed by atoms with Gasteiger partial charge in [-0.25, -0.2) is 4.68 Å². The third kappa shape index (κ3) is 5.00. The van der Waals surface area contributed by atoms with Gasteiger partial charge in [-0.1, -0.05) is 96.8 Å². The third-order valence-corrected chi connectivity index (χ3v) is 7.08. The van der Waals surface area contributed by atoms with Crippen LogP contribution in [0.25, 0.3) is 34.3 Å². The lowest BCUT2D eigenvalue weighted by Crippen LogP contribution is -2.30. The molecule has 1 aliphatic rings. The van der Waals surface area contributed by atoms with E-state index in [1.54, 1.807) is 6.08 Å². The summed E-state index contributed by atoms with van der Waals surface area (Å²) in [5, 5.41) is 13.8. The van der Waals surface area contributed by atoms with Crippen molar-refractivity contribution in [2.24, 2.45) is 0 Å². The number of aromatic nitrogens is 2. The van der Waals surface area contributed by atoms with Gasteiger partial charge in [0.05, 0.1) is 28.4 Å². The summed E-state index contributed by atoms with van der Waals surface area (Å²) < 4.78 is 2.30. The smallest absolute Gasteiger partial charge is 0.305 e. The lowest BCUT2D eigenvalue weighted by atomic mass is 10.1. The number of nitrogens with zero attached hydrogens (tertiary/aromatic N) is 3. The van der Waals surface area contributed by atoms with E-state index in [0.29, 0.717) is 9.23 Å². The summed E-state index contributed by atoms with van der Waals surface area (Å²) >= 11 is 6.46. The molecular weight excluding hydrogens is 490 g/mol. The van der Waals surface area contributed by atoms with Gasteiger partial charge in [-0.2, -0.15) is 5.10 Å². The molecule has 1 amide bonds. The van der Waals surface area contributed by atoms with Gasteiger partial charge in [-0.05, 0) is 29.8 Å². The van der Waals surface area contributed by atoms with Crippen molar-refractivity contribution < 1.29 is 14.7 Å². The second-order valence-electron chi connectivity index (χ2n) is 8.13. The fourth-order valence-electron chi connectivity index (χ4n) is 3.91. The number of carboxylic acids is 1. The molecule has 0 unspecified atom stereocenters. The summed E-state index contributed by atoms with van der Waals surface area (Å²) in [6.45, 7) is 0.0710. The van der Waals surface area contributed by atoms with Gasteiger partial charge in [0.1, 0.15) is 4.32 Å². The average Bonchev–Trinajstić information content (AvgIpc) is 3.45. The van der Waals surface area contributed by atoms with Crippen LogP contribution in [0.15, 0.2) is 95.9 Å². The Hall–Kier alpha value is -4.01. The van der Waals surface area contributed by atoms with Crippen molar-refractivity contribution in [1.82, 2.24) is 14.7 Å². The first kappa shape index (κ1) is 23.7. The Morgan fingerprint density at radius 2 is 1.58 bits per heavy atom. The van der Waals surface area contributed by atoms with E-state index in [4.69, 9.17) is 22.4 Å². The molecule has 0 radical (unpaired) electrons. The standard InChI is InChI=1S/C28H21N3O3S2/c32-26(33)15-16-30-27(34)25(36-28(30)35)17-19-11-13-22(14-12-19)31-24(21-9-5-2-6-10-21)18-23(29-31)20-7-3-1-4-8-20/h1-14,17-18H,15-16H2,(H,32,33)/b25-17-. The topological polar surface area (TPSA) is 75.4 Å². The first-order valence-corrected chi connectivity index (χ1v) is 12.5. The molecule has 5 rings (SSSR count). The van der Waals surface area contributed by atoms with E-state index in [2.05, 4.69) is 18.2 Å². The summed E-state index contributed by atoms with van der Waals surface area (Å²) in [5.74, 6) is -1.23. The number of hydrogen-bond acceptors (Lipinski definition) is 5. The van der Waals surface area contributed by atoms with Gasteiger partial charge in [0, 0.05) is 17.7 Å². The Labute approximate surface area is 217 Å². The summed E-state index contributed by atoms with van der Waals surface area (Å²) in [6.07, 6.45) is 1.63. The van der Waals surface area contributed by atoms with Crippen LogP contribution >= 0.6 is 24.0 Å². The largest absolute Gasteiger partial charge is 0.481 e. The van der Waals surface area contributed by atoms with Crippen LogP contribution in [0.5, 0.6) is 0 Å². The van der Waals surface area contributed by atoms with E-state index in [1.807, 2.05) is 77.5 Å².